The molecule has 12 N–H and O–H groups in total. The molecule has 340 valence electrons. The molecule has 8 atom stereocenters. The molecule has 2 aliphatic heterocycles. The van der Waals surface area contributed by atoms with Gasteiger partial charge in [-0.3, -0.25) is 42.9 Å². The van der Waals surface area contributed by atoms with E-state index in [1.807, 2.05) is 36.4 Å². The quantitative estimate of drug-likeness (QED) is 0.102. The van der Waals surface area contributed by atoms with Gasteiger partial charge in [0.2, 0.25) is 47.3 Å². The number of amides is 8. The predicted octanol–water partition coefficient (Wildman–Crippen LogP) is -1.52. The number of carbonyl (C=O) groups is 8. The number of hydrogen-bond donors (Lipinski definition) is 10. The summed E-state index contributed by atoms with van der Waals surface area (Å²) in [6, 6.07) is 3.15. The zero-order valence-corrected chi connectivity index (χ0v) is 35.9. The average molecular weight is 888 g/mol. The molecule has 2 aromatic rings. The molecular weight excluding hydrogens is 829 g/mol. The molecule has 4 rings (SSSR count). The number of nitrogens with two attached hydrogens (primary N) is 2. The van der Waals surface area contributed by atoms with Crippen molar-refractivity contribution in [2.24, 2.45) is 17.4 Å². The van der Waals surface area contributed by atoms with E-state index in [9.17, 15) is 52.7 Å². The van der Waals surface area contributed by atoms with Crippen molar-refractivity contribution in [3.63, 3.8) is 0 Å². The number of rotatable bonds is 13. The number of carbonyl (C=O) groups excluding carboxylic acids is 8. The first-order valence-electron chi connectivity index (χ1n) is 20.6. The van der Waals surface area contributed by atoms with E-state index in [-0.39, 0.29) is 51.6 Å². The van der Waals surface area contributed by atoms with E-state index in [0.717, 1.165) is 15.7 Å². The zero-order chi connectivity index (χ0) is 45.7. The molecule has 2 aliphatic rings. The highest BCUT2D eigenvalue weighted by molar-refractivity contribution is 7.46. The molecular formula is C40H58N9O12P. The number of phosphoric ester groups is 1. The van der Waals surface area contributed by atoms with Crippen LogP contribution in [0.25, 0.3) is 10.8 Å². The highest BCUT2D eigenvalue weighted by atomic mass is 31.2. The minimum atomic E-state index is -5.20. The molecule has 2 aromatic carbocycles. The van der Waals surface area contributed by atoms with E-state index in [4.69, 9.17) is 11.5 Å². The van der Waals surface area contributed by atoms with Gasteiger partial charge in [0, 0.05) is 19.4 Å². The van der Waals surface area contributed by atoms with Crippen LogP contribution in [0.1, 0.15) is 71.3 Å². The Balaban J connectivity index is 1.80. The zero-order valence-electron chi connectivity index (χ0n) is 35.0. The molecule has 0 saturated carbocycles. The van der Waals surface area contributed by atoms with E-state index >= 15 is 0 Å². The van der Waals surface area contributed by atoms with E-state index in [1.54, 1.807) is 19.9 Å². The second kappa shape index (κ2) is 22.6. The predicted molar refractivity (Wildman–Crippen MR) is 224 cm³/mol. The Morgan fingerprint density at radius 3 is 2.08 bits per heavy atom. The SMILES string of the molecule is CC[C@H](C)[C@@H]1NC(=O)[C@@H](C)NC(=O)[C@H](CCC(N)=O)NC(=O)[C@H](CCCN)NC(=O)[C@H](Cc2ccc3ccccc3c2)NC(=O)[C@@H]2CCCN2C(=O)[C@@H](COP(=O)(O)O)NC1=O. The number of benzene rings is 2. The highest BCUT2D eigenvalue weighted by Gasteiger charge is 2.41. The number of fused-ring (bicyclic) bond motifs is 2. The van der Waals surface area contributed by atoms with Crippen LogP contribution in [-0.2, 0) is 53.9 Å². The van der Waals surface area contributed by atoms with Crippen molar-refractivity contribution in [3.05, 3.63) is 48.0 Å². The molecule has 22 heteroatoms. The summed E-state index contributed by atoms with van der Waals surface area (Å²) < 4.78 is 16.5. The van der Waals surface area contributed by atoms with Gasteiger partial charge >= 0.3 is 7.82 Å². The Hall–Kier alpha value is -5.47. The van der Waals surface area contributed by atoms with Crippen LogP contribution >= 0.6 is 7.82 Å². The van der Waals surface area contributed by atoms with Gasteiger partial charge in [-0.1, -0.05) is 62.7 Å². The average Bonchev–Trinajstić information content (AvgIpc) is 3.73. The van der Waals surface area contributed by atoms with Crippen molar-refractivity contribution in [2.75, 3.05) is 19.7 Å². The summed E-state index contributed by atoms with van der Waals surface area (Å²) in [6.45, 7) is 3.75. The third kappa shape index (κ3) is 14.0. The number of nitrogens with zero attached hydrogens (tertiary/aromatic N) is 1. The summed E-state index contributed by atoms with van der Waals surface area (Å²) in [6.07, 6.45) is 0.257. The maximum atomic E-state index is 14.3. The topological polar surface area (TPSA) is 331 Å². The molecule has 2 heterocycles. The van der Waals surface area contributed by atoms with E-state index in [1.165, 1.54) is 6.92 Å². The van der Waals surface area contributed by atoms with E-state index < -0.39 is 110 Å². The normalized spacial score (nSPS) is 25.6. The first-order chi connectivity index (χ1) is 29.3. The minimum Gasteiger partial charge on any atom is -0.370 e. The lowest BCUT2D eigenvalue weighted by Crippen LogP contribution is -2.61. The fraction of sp³-hybridized carbons (Fsp3) is 0.550. The summed E-state index contributed by atoms with van der Waals surface area (Å²) in [5.41, 5.74) is 11.8. The van der Waals surface area contributed by atoms with Crippen molar-refractivity contribution in [1.29, 1.82) is 0 Å². The lowest BCUT2D eigenvalue weighted by Gasteiger charge is -2.31. The van der Waals surface area contributed by atoms with Crippen LogP contribution in [0.5, 0.6) is 0 Å². The monoisotopic (exact) mass is 887 g/mol. The third-order valence-electron chi connectivity index (χ3n) is 10.9. The second-order valence-corrected chi connectivity index (χ2v) is 16.9. The third-order valence-corrected chi connectivity index (χ3v) is 11.4. The van der Waals surface area contributed by atoms with Crippen LogP contribution in [-0.4, -0.2) is 124 Å². The number of nitrogens with one attached hydrogen (secondary N) is 6. The molecule has 8 amide bonds. The van der Waals surface area contributed by atoms with Crippen molar-refractivity contribution >= 4 is 65.9 Å². The van der Waals surface area contributed by atoms with Crippen LogP contribution in [0.3, 0.4) is 0 Å². The lowest BCUT2D eigenvalue weighted by molar-refractivity contribution is -0.143. The first kappa shape index (κ1) is 49.2. The number of hydrogen-bond acceptors (Lipinski definition) is 11. The molecule has 0 aromatic heterocycles. The standard InChI is InChI=1S/C40H58N9O12P/c1-4-22(2)33-39(56)47-30(21-61-62(58,59)60)40(57)49-18-8-12-31(49)38(55)46-29(20-24-13-14-25-9-5-6-10-26(25)19-24)37(54)44-27(11-7-17-41)36(53)45-28(15-16-32(42)50)35(52)43-23(3)34(51)48-33/h5-6,9-10,13-14,19,22-23,27-31,33H,4,7-8,11-12,15-18,20-21,41H2,1-3H3,(H2,42,50)(H,43,52)(H,44,54)(H,45,53)(H,46,55)(H,47,56)(H,48,51)(H2,58,59,60)/t22-,23+,27-,28-,29-,30+,31-,33-/m0/s1. The highest BCUT2D eigenvalue weighted by Crippen LogP contribution is 2.36. The van der Waals surface area contributed by atoms with Crippen molar-refractivity contribution in [1.82, 2.24) is 36.8 Å². The van der Waals surface area contributed by atoms with Crippen molar-refractivity contribution in [3.8, 4) is 0 Å². The van der Waals surface area contributed by atoms with Gasteiger partial charge in [-0.05, 0) is 67.8 Å². The molecule has 0 radical (unpaired) electrons. The number of primary amides is 1. The maximum Gasteiger partial charge on any atom is 0.469 e. The summed E-state index contributed by atoms with van der Waals surface area (Å²) in [5, 5.41) is 17.2. The van der Waals surface area contributed by atoms with Gasteiger partial charge in [-0.2, -0.15) is 0 Å². The van der Waals surface area contributed by atoms with E-state index in [2.05, 4.69) is 36.4 Å². The molecule has 21 nitrogen and oxygen atoms in total. The summed E-state index contributed by atoms with van der Waals surface area (Å²) in [7, 11) is -5.20. The first-order valence-corrected chi connectivity index (χ1v) is 22.1. The van der Waals surface area contributed by atoms with Gasteiger partial charge in [0.15, 0.2) is 0 Å². The Labute approximate surface area is 358 Å². The van der Waals surface area contributed by atoms with Crippen LogP contribution in [0.2, 0.25) is 0 Å². The van der Waals surface area contributed by atoms with Crippen LogP contribution in [0.15, 0.2) is 42.5 Å². The number of phosphoric acid groups is 1. The lowest BCUT2D eigenvalue weighted by atomic mass is 9.97. The van der Waals surface area contributed by atoms with Crippen LogP contribution in [0, 0.1) is 5.92 Å². The van der Waals surface area contributed by atoms with Crippen LogP contribution < -0.4 is 43.4 Å². The Bertz CT molecular complexity index is 2030. The minimum absolute atomic E-state index is 0.00527. The Kier molecular flexibility index (Phi) is 17.9. The van der Waals surface area contributed by atoms with Crippen molar-refractivity contribution < 1.29 is 57.2 Å². The summed E-state index contributed by atoms with van der Waals surface area (Å²) in [5.74, 6) is -7.41. The molecule has 62 heavy (non-hydrogen) atoms. The van der Waals surface area contributed by atoms with Gasteiger partial charge in [-0.15, -0.1) is 0 Å². The smallest absolute Gasteiger partial charge is 0.370 e. The van der Waals surface area contributed by atoms with Crippen molar-refractivity contribution in [2.45, 2.75) is 114 Å². The molecule has 2 fully saturated rings. The molecule has 2 saturated heterocycles. The fourth-order valence-electron chi connectivity index (χ4n) is 7.24. The molecule has 0 aliphatic carbocycles. The van der Waals surface area contributed by atoms with Gasteiger partial charge in [0.05, 0.1) is 6.61 Å². The van der Waals surface area contributed by atoms with Gasteiger partial charge in [0.25, 0.3) is 0 Å². The van der Waals surface area contributed by atoms with Gasteiger partial charge in [0.1, 0.15) is 42.3 Å². The molecule has 0 unspecified atom stereocenters. The maximum absolute atomic E-state index is 14.3. The summed E-state index contributed by atoms with van der Waals surface area (Å²) in [4.78, 5) is 130. The second-order valence-electron chi connectivity index (χ2n) is 15.6. The molecule has 0 spiro atoms. The Morgan fingerprint density at radius 2 is 1.44 bits per heavy atom. The van der Waals surface area contributed by atoms with Crippen LogP contribution in [0.4, 0.5) is 0 Å². The largest absolute Gasteiger partial charge is 0.469 e. The Morgan fingerprint density at radius 1 is 0.823 bits per heavy atom. The summed E-state index contributed by atoms with van der Waals surface area (Å²) >= 11 is 0. The van der Waals surface area contributed by atoms with Gasteiger partial charge in [-0.25, -0.2) is 4.57 Å². The molecule has 0 bridgehead atoms. The fourth-order valence-corrected chi connectivity index (χ4v) is 7.58. The van der Waals surface area contributed by atoms with Gasteiger partial charge < -0.3 is 58.1 Å². The van der Waals surface area contributed by atoms with E-state index in [0.29, 0.717) is 18.4 Å².